The average Bonchev–Trinajstić information content (AvgIpc) is 2.73. The smallest absolute Gasteiger partial charge is 0.223 e. The van der Waals surface area contributed by atoms with Gasteiger partial charge in [-0.15, -0.1) is 0 Å². The molecular weight excluding hydrogens is 233 g/mol. The van der Waals surface area contributed by atoms with Crippen LogP contribution >= 0.6 is 0 Å². The molecule has 1 aromatic rings. The van der Waals surface area contributed by atoms with Crippen LogP contribution in [0.2, 0.25) is 0 Å². The van der Waals surface area contributed by atoms with Gasteiger partial charge >= 0.3 is 0 Å². The van der Waals surface area contributed by atoms with Gasteiger partial charge in [-0.25, -0.2) is 4.39 Å². The van der Waals surface area contributed by atoms with Gasteiger partial charge in [-0.3, -0.25) is 4.79 Å². The first-order chi connectivity index (χ1) is 8.52. The lowest BCUT2D eigenvalue weighted by Gasteiger charge is -2.25. The van der Waals surface area contributed by atoms with Crippen molar-refractivity contribution in [1.82, 2.24) is 4.90 Å². The lowest BCUT2D eigenvalue weighted by Crippen LogP contribution is -2.28. The van der Waals surface area contributed by atoms with E-state index >= 15 is 0 Å². The van der Waals surface area contributed by atoms with Crippen molar-refractivity contribution in [3.8, 4) is 0 Å². The second-order valence-corrected chi connectivity index (χ2v) is 4.98. The van der Waals surface area contributed by atoms with Gasteiger partial charge in [0.15, 0.2) is 0 Å². The second kappa shape index (κ2) is 5.06. The van der Waals surface area contributed by atoms with Crippen LogP contribution in [0.5, 0.6) is 0 Å². The summed E-state index contributed by atoms with van der Waals surface area (Å²) >= 11 is 0. The summed E-state index contributed by atoms with van der Waals surface area (Å²) in [6, 6.07) is 4.91. The van der Waals surface area contributed by atoms with Crippen LogP contribution in [-0.4, -0.2) is 29.1 Å². The predicted octanol–water partition coefficient (Wildman–Crippen LogP) is 2.04. The van der Waals surface area contributed by atoms with Gasteiger partial charge in [-0.2, -0.15) is 0 Å². The van der Waals surface area contributed by atoms with E-state index in [-0.39, 0.29) is 30.3 Å². The van der Waals surface area contributed by atoms with Crippen molar-refractivity contribution in [3.63, 3.8) is 0 Å². The molecule has 0 radical (unpaired) electrons. The molecule has 1 aliphatic rings. The Morgan fingerprint density at radius 3 is 2.83 bits per heavy atom. The number of halogens is 1. The van der Waals surface area contributed by atoms with Crippen molar-refractivity contribution in [2.75, 3.05) is 13.2 Å². The molecule has 1 fully saturated rings. The maximum Gasteiger partial charge on any atom is 0.223 e. The number of hydrogen-bond donors (Lipinski definition) is 1. The molecule has 3 nitrogen and oxygen atoms in total. The topological polar surface area (TPSA) is 40.5 Å². The normalized spacial score (nSPS) is 21.4. The summed E-state index contributed by atoms with van der Waals surface area (Å²) < 4.78 is 13.5. The van der Waals surface area contributed by atoms with Crippen molar-refractivity contribution < 1.29 is 14.3 Å². The van der Waals surface area contributed by atoms with Gasteiger partial charge in [0, 0.05) is 25.5 Å². The Labute approximate surface area is 106 Å². The summed E-state index contributed by atoms with van der Waals surface area (Å²) in [6.07, 6.45) is 0.384. The summed E-state index contributed by atoms with van der Waals surface area (Å²) in [5.41, 5.74) is 1.40. The number of likely N-dealkylation sites (tertiary alicyclic amines) is 1. The average molecular weight is 251 g/mol. The number of amides is 1. The van der Waals surface area contributed by atoms with Gasteiger partial charge in [-0.1, -0.05) is 12.1 Å². The number of carbonyl (C=O) groups excluding carboxylic acids is 1. The SMILES string of the molecule is Cc1ccc(C(C)N2CC(CO)CC2=O)cc1F. The van der Waals surface area contributed by atoms with Crippen LogP contribution in [0.3, 0.4) is 0 Å². The number of nitrogens with zero attached hydrogens (tertiary/aromatic N) is 1. The van der Waals surface area contributed by atoms with Crippen LogP contribution in [0.15, 0.2) is 18.2 Å². The van der Waals surface area contributed by atoms with Crippen molar-refractivity contribution in [2.24, 2.45) is 5.92 Å². The summed E-state index contributed by atoms with van der Waals surface area (Å²) in [7, 11) is 0. The van der Waals surface area contributed by atoms with Crippen molar-refractivity contribution in [1.29, 1.82) is 0 Å². The first-order valence-electron chi connectivity index (χ1n) is 6.19. The van der Waals surface area contributed by atoms with Gasteiger partial charge in [0.2, 0.25) is 5.91 Å². The molecule has 2 atom stereocenters. The van der Waals surface area contributed by atoms with Crippen LogP contribution in [-0.2, 0) is 4.79 Å². The van der Waals surface area contributed by atoms with Gasteiger partial charge in [0.25, 0.3) is 0 Å². The molecular formula is C14H18FNO2. The molecule has 0 aliphatic carbocycles. The molecule has 1 aliphatic heterocycles. The zero-order valence-corrected chi connectivity index (χ0v) is 10.7. The van der Waals surface area contributed by atoms with Crippen LogP contribution in [0.1, 0.15) is 30.5 Å². The number of aliphatic hydroxyl groups is 1. The molecule has 1 aromatic carbocycles. The monoisotopic (exact) mass is 251 g/mol. The van der Waals surface area contributed by atoms with Gasteiger partial charge < -0.3 is 10.0 Å². The molecule has 1 saturated heterocycles. The largest absolute Gasteiger partial charge is 0.396 e. The van der Waals surface area contributed by atoms with E-state index in [1.54, 1.807) is 17.9 Å². The number of hydrogen-bond acceptors (Lipinski definition) is 2. The number of rotatable bonds is 3. The van der Waals surface area contributed by atoms with Crippen LogP contribution in [0.25, 0.3) is 0 Å². The maximum atomic E-state index is 13.5. The lowest BCUT2D eigenvalue weighted by molar-refractivity contribution is -0.129. The molecule has 4 heteroatoms. The molecule has 0 aromatic heterocycles. The van der Waals surface area contributed by atoms with E-state index in [1.807, 2.05) is 13.0 Å². The van der Waals surface area contributed by atoms with Crippen LogP contribution in [0.4, 0.5) is 4.39 Å². The number of benzene rings is 1. The highest BCUT2D eigenvalue weighted by molar-refractivity contribution is 5.79. The first kappa shape index (κ1) is 13.0. The Morgan fingerprint density at radius 2 is 2.28 bits per heavy atom. The number of aliphatic hydroxyl groups excluding tert-OH is 1. The lowest BCUT2D eigenvalue weighted by atomic mass is 10.0. The third-order valence-electron chi connectivity index (χ3n) is 3.64. The van der Waals surface area contributed by atoms with Gasteiger partial charge in [-0.05, 0) is 31.0 Å². The van der Waals surface area contributed by atoms with E-state index in [1.165, 1.54) is 6.07 Å². The van der Waals surface area contributed by atoms with E-state index < -0.39 is 0 Å². The van der Waals surface area contributed by atoms with Crippen molar-refractivity contribution in [3.05, 3.63) is 35.1 Å². The maximum absolute atomic E-state index is 13.5. The summed E-state index contributed by atoms with van der Waals surface area (Å²) in [6.45, 7) is 4.18. The van der Waals surface area contributed by atoms with E-state index in [2.05, 4.69) is 0 Å². The number of carbonyl (C=O) groups is 1. The summed E-state index contributed by atoms with van der Waals surface area (Å²) in [5.74, 6) is -0.206. The minimum absolute atomic E-state index is 0.00949. The second-order valence-electron chi connectivity index (χ2n) is 4.98. The van der Waals surface area contributed by atoms with Gasteiger partial charge in [0.1, 0.15) is 5.82 Å². The fraction of sp³-hybridized carbons (Fsp3) is 0.500. The Balaban J connectivity index is 2.18. The standard InChI is InChI=1S/C14H18FNO2/c1-9-3-4-12(6-13(9)15)10(2)16-7-11(8-17)5-14(16)18/h3-4,6,10-11,17H,5,7-8H2,1-2H3. The highest BCUT2D eigenvalue weighted by atomic mass is 19.1. The molecule has 18 heavy (non-hydrogen) atoms. The fourth-order valence-electron chi connectivity index (χ4n) is 2.35. The molecule has 1 N–H and O–H groups in total. The van der Waals surface area contributed by atoms with Crippen molar-refractivity contribution >= 4 is 5.91 Å². The molecule has 0 bridgehead atoms. The van der Waals surface area contributed by atoms with Crippen LogP contribution < -0.4 is 0 Å². The Bertz CT molecular complexity index is 461. The Hall–Kier alpha value is -1.42. The van der Waals surface area contributed by atoms with Crippen LogP contribution in [0, 0.1) is 18.7 Å². The van der Waals surface area contributed by atoms with Crippen molar-refractivity contribution in [2.45, 2.75) is 26.3 Å². The molecule has 2 unspecified atom stereocenters. The minimum Gasteiger partial charge on any atom is -0.396 e. The van der Waals surface area contributed by atoms with E-state index in [0.29, 0.717) is 18.5 Å². The molecule has 0 spiro atoms. The fourth-order valence-corrected chi connectivity index (χ4v) is 2.35. The quantitative estimate of drug-likeness (QED) is 0.893. The third-order valence-corrected chi connectivity index (χ3v) is 3.64. The van der Waals surface area contributed by atoms with E-state index in [9.17, 15) is 9.18 Å². The zero-order chi connectivity index (χ0) is 13.3. The molecule has 2 rings (SSSR count). The predicted molar refractivity (Wildman–Crippen MR) is 66.5 cm³/mol. The Morgan fingerprint density at radius 1 is 1.56 bits per heavy atom. The molecule has 1 amide bonds. The molecule has 1 heterocycles. The van der Waals surface area contributed by atoms with Gasteiger partial charge in [0.05, 0.1) is 6.04 Å². The highest BCUT2D eigenvalue weighted by Crippen LogP contribution is 2.28. The summed E-state index contributed by atoms with van der Waals surface area (Å²) in [4.78, 5) is 13.5. The van der Waals surface area contributed by atoms with E-state index in [4.69, 9.17) is 5.11 Å². The minimum atomic E-state index is -0.246. The summed E-state index contributed by atoms with van der Waals surface area (Å²) in [5, 5.41) is 9.10. The first-order valence-corrected chi connectivity index (χ1v) is 6.19. The molecule has 0 saturated carbocycles. The third kappa shape index (κ3) is 2.38. The zero-order valence-electron chi connectivity index (χ0n) is 10.7. The Kier molecular flexibility index (Phi) is 3.66. The van der Waals surface area contributed by atoms with E-state index in [0.717, 1.165) is 5.56 Å². The highest BCUT2D eigenvalue weighted by Gasteiger charge is 2.32. The number of aryl methyl sites for hydroxylation is 1. The molecule has 98 valence electrons.